The highest BCUT2D eigenvalue weighted by Gasteiger charge is 2.17. The van der Waals surface area contributed by atoms with E-state index in [2.05, 4.69) is 49.2 Å². The van der Waals surface area contributed by atoms with Crippen LogP contribution in [0.5, 0.6) is 0 Å². The molecule has 2 fully saturated rings. The molecule has 2 aromatic heterocycles. The van der Waals surface area contributed by atoms with Crippen molar-refractivity contribution in [2.75, 3.05) is 23.3 Å². The molecular formula is C22H28N6. The predicted molar refractivity (Wildman–Crippen MR) is 113 cm³/mol. The van der Waals surface area contributed by atoms with Crippen LogP contribution >= 0.6 is 0 Å². The third kappa shape index (κ3) is 3.68. The molecule has 146 valence electrons. The molecule has 3 aromatic rings. The minimum Gasteiger partial charge on any atom is -0.372 e. The summed E-state index contributed by atoms with van der Waals surface area (Å²) >= 11 is 0. The van der Waals surface area contributed by atoms with Crippen molar-refractivity contribution in [3.05, 3.63) is 36.7 Å². The molecule has 28 heavy (non-hydrogen) atoms. The highest BCUT2D eigenvalue weighted by Crippen LogP contribution is 2.27. The lowest BCUT2D eigenvalue weighted by atomic mass is 10.1. The number of anilines is 3. The number of hydrogen-bond acceptors (Lipinski definition) is 5. The van der Waals surface area contributed by atoms with Crippen molar-refractivity contribution in [2.45, 2.75) is 51.5 Å². The number of piperidine rings is 1. The minimum absolute atomic E-state index is 0.631. The van der Waals surface area contributed by atoms with Crippen molar-refractivity contribution in [1.29, 1.82) is 0 Å². The lowest BCUT2D eigenvalue weighted by Gasteiger charge is -2.28. The number of benzene rings is 1. The highest BCUT2D eigenvalue weighted by atomic mass is 15.3. The molecule has 6 nitrogen and oxygen atoms in total. The van der Waals surface area contributed by atoms with Gasteiger partial charge in [-0.2, -0.15) is 10.1 Å². The van der Waals surface area contributed by atoms with E-state index in [9.17, 15) is 0 Å². The van der Waals surface area contributed by atoms with Crippen molar-refractivity contribution < 1.29 is 0 Å². The fourth-order valence-corrected chi connectivity index (χ4v) is 4.53. The van der Waals surface area contributed by atoms with Crippen molar-refractivity contribution in [3.63, 3.8) is 0 Å². The SMILES string of the molecule is c1cc(N2CCCCC2)ccc1Nc1ncc2cnn(CC3CCCC3)c2n1. The van der Waals surface area contributed by atoms with Crippen LogP contribution in [0.25, 0.3) is 11.0 Å². The molecule has 1 saturated heterocycles. The van der Waals surface area contributed by atoms with Gasteiger partial charge >= 0.3 is 0 Å². The van der Waals surface area contributed by atoms with Gasteiger partial charge < -0.3 is 10.2 Å². The van der Waals surface area contributed by atoms with Gasteiger partial charge in [0.1, 0.15) is 0 Å². The smallest absolute Gasteiger partial charge is 0.229 e. The second-order valence-electron chi connectivity index (χ2n) is 8.17. The maximum atomic E-state index is 4.75. The van der Waals surface area contributed by atoms with Crippen LogP contribution in [0, 0.1) is 5.92 Å². The van der Waals surface area contributed by atoms with Gasteiger partial charge in [-0.05, 0) is 62.3 Å². The molecule has 1 aromatic carbocycles. The van der Waals surface area contributed by atoms with Gasteiger partial charge in [-0.25, -0.2) is 9.67 Å². The first kappa shape index (κ1) is 17.5. The van der Waals surface area contributed by atoms with Crippen molar-refractivity contribution in [3.8, 4) is 0 Å². The Bertz CT molecular complexity index is 920. The first-order valence-electron chi connectivity index (χ1n) is 10.7. The molecule has 0 amide bonds. The summed E-state index contributed by atoms with van der Waals surface area (Å²) < 4.78 is 2.05. The fraction of sp³-hybridized carbons (Fsp3) is 0.500. The van der Waals surface area contributed by atoms with E-state index in [4.69, 9.17) is 4.98 Å². The van der Waals surface area contributed by atoms with Gasteiger partial charge in [0.25, 0.3) is 0 Å². The second kappa shape index (κ2) is 7.78. The van der Waals surface area contributed by atoms with Gasteiger partial charge in [-0.1, -0.05) is 12.8 Å². The number of nitrogens with zero attached hydrogens (tertiary/aromatic N) is 5. The van der Waals surface area contributed by atoms with Crippen LogP contribution in [0.3, 0.4) is 0 Å². The standard InChI is InChI=1S/C22H28N6/c1-4-12-27(13-5-1)20-10-8-19(9-11-20)25-22-23-14-18-15-24-28(21(18)26-22)16-17-6-2-3-7-17/h8-11,14-15,17H,1-7,12-13,16H2,(H,23,25,26). The zero-order valence-electron chi connectivity index (χ0n) is 16.3. The fourth-order valence-electron chi connectivity index (χ4n) is 4.53. The Morgan fingerprint density at radius 3 is 2.50 bits per heavy atom. The monoisotopic (exact) mass is 376 g/mol. The summed E-state index contributed by atoms with van der Waals surface area (Å²) in [5.74, 6) is 1.36. The van der Waals surface area contributed by atoms with E-state index in [1.807, 2.05) is 12.4 Å². The lowest BCUT2D eigenvalue weighted by Crippen LogP contribution is -2.29. The lowest BCUT2D eigenvalue weighted by molar-refractivity contribution is 0.436. The third-order valence-corrected chi connectivity index (χ3v) is 6.13. The molecule has 1 N–H and O–H groups in total. The Morgan fingerprint density at radius 1 is 0.929 bits per heavy atom. The molecule has 0 unspecified atom stereocenters. The minimum atomic E-state index is 0.631. The van der Waals surface area contributed by atoms with Crippen LogP contribution in [0.4, 0.5) is 17.3 Å². The van der Waals surface area contributed by atoms with Gasteiger partial charge in [-0.3, -0.25) is 0 Å². The van der Waals surface area contributed by atoms with E-state index in [0.717, 1.165) is 42.3 Å². The highest BCUT2D eigenvalue weighted by molar-refractivity contribution is 5.75. The molecule has 6 heteroatoms. The Hall–Kier alpha value is -2.63. The van der Waals surface area contributed by atoms with E-state index in [1.54, 1.807) is 0 Å². The second-order valence-corrected chi connectivity index (χ2v) is 8.17. The molecule has 0 radical (unpaired) electrons. The first-order valence-corrected chi connectivity index (χ1v) is 10.7. The normalized spacial score (nSPS) is 18.1. The van der Waals surface area contributed by atoms with E-state index < -0.39 is 0 Å². The molecular weight excluding hydrogens is 348 g/mol. The summed E-state index contributed by atoms with van der Waals surface area (Å²) in [6.07, 6.45) is 13.0. The van der Waals surface area contributed by atoms with E-state index in [-0.39, 0.29) is 0 Å². The molecule has 0 spiro atoms. The Kier molecular flexibility index (Phi) is 4.85. The number of fused-ring (bicyclic) bond motifs is 1. The molecule has 5 rings (SSSR count). The third-order valence-electron chi connectivity index (χ3n) is 6.13. The summed E-state index contributed by atoms with van der Waals surface area (Å²) in [5.41, 5.74) is 3.24. The quantitative estimate of drug-likeness (QED) is 0.696. The van der Waals surface area contributed by atoms with Gasteiger partial charge in [0.15, 0.2) is 5.65 Å². The molecule has 2 aliphatic rings. The molecule has 1 saturated carbocycles. The molecule has 1 aliphatic carbocycles. The number of rotatable bonds is 5. The average Bonchev–Trinajstić information content (AvgIpc) is 3.40. The first-order chi connectivity index (χ1) is 13.8. The maximum Gasteiger partial charge on any atom is 0.229 e. The summed E-state index contributed by atoms with van der Waals surface area (Å²) in [4.78, 5) is 11.7. The summed E-state index contributed by atoms with van der Waals surface area (Å²) in [6, 6.07) is 8.62. The van der Waals surface area contributed by atoms with Gasteiger partial charge in [0, 0.05) is 37.2 Å². The van der Waals surface area contributed by atoms with Crippen LogP contribution in [-0.4, -0.2) is 32.8 Å². The molecule has 0 atom stereocenters. The maximum absolute atomic E-state index is 4.75. The Morgan fingerprint density at radius 2 is 1.71 bits per heavy atom. The number of nitrogens with one attached hydrogen (secondary N) is 1. The Labute approximate surface area is 166 Å². The summed E-state index contributed by atoms with van der Waals surface area (Å²) in [7, 11) is 0. The molecule has 3 heterocycles. The van der Waals surface area contributed by atoms with Gasteiger partial charge in [0.05, 0.1) is 11.6 Å². The largest absolute Gasteiger partial charge is 0.372 e. The average molecular weight is 377 g/mol. The zero-order chi connectivity index (χ0) is 18.8. The number of aromatic nitrogens is 4. The summed E-state index contributed by atoms with van der Waals surface area (Å²) in [5, 5.41) is 8.91. The van der Waals surface area contributed by atoms with E-state index >= 15 is 0 Å². The van der Waals surface area contributed by atoms with Crippen molar-refractivity contribution in [2.24, 2.45) is 5.92 Å². The van der Waals surface area contributed by atoms with Crippen molar-refractivity contribution >= 4 is 28.4 Å². The molecule has 1 aliphatic heterocycles. The van der Waals surface area contributed by atoms with Gasteiger partial charge in [-0.15, -0.1) is 0 Å². The van der Waals surface area contributed by atoms with Crippen LogP contribution in [0.15, 0.2) is 36.7 Å². The predicted octanol–water partition coefficient (Wildman–Crippen LogP) is 4.75. The zero-order valence-corrected chi connectivity index (χ0v) is 16.3. The van der Waals surface area contributed by atoms with Crippen LogP contribution in [0.2, 0.25) is 0 Å². The topological polar surface area (TPSA) is 58.9 Å². The van der Waals surface area contributed by atoms with Gasteiger partial charge in [0.2, 0.25) is 5.95 Å². The number of hydrogen-bond donors (Lipinski definition) is 1. The van der Waals surface area contributed by atoms with Crippen molar-refractivity contribution in [1.82, 2.24) is 19.7 Å². The summed E-state index contributed by atoms with van der Waals surface area (Å²) in [6.45, 7) is 3.29. The Balaban J connectivity index is 1.31. The van der Waals surface area contributed by atoms with Crippen LogP contribution < -0.4 is 10.2 Å². The molecule has 0 bridgehead atoms. The van der Waals surface area contributed by atoms with E-state index in [0.29, 0.717) is 5.95 Å². The van der Waals surface area contributed by atoms with Crippen LogP contribution in [-0.2, 0) is 6.54 Å². The van der Waals surface area contributed by atoms with Crippen LogP contribution in [0.1, 0.15) is 44.9 Å². The van der Waals surface area contributed by atoms with E-state index in [1.165, 1.54) is 50.6 Å².